The van der Waals surface area contributed by atoms with Crippen molar-refractivity contribution < 1.29 is 18.7 Å². The fourth-order valence-electron chi connectivity index (χ4n) is 0.976. The maximum absolute atomic E-state index is 10.2. The van der Waals surface area contributed by atoms with Crippen molar-refractivity contribution in [2.45, 2.75) is 19.8 Å². The van der Waals surface area contributed by atoms with Crippen LogP contribution in [0.4, 0.5) is 0 Å². The Morgan fingerprint density at radius 3 is 2.24 bits per heavy atom. The number of unbranched alkanes of at least 4 members (excludes halogenated alkanes) is 1. The molecule has 17 heavy (non-hydrogen) atoms. The Hall–Kier alpha value is -1.17. The van der Waals surface area contributed by atoms with Gasteiger partial charge in [-0.05, 0) is 18.1 Å². The molecule has 0 aliphatic rings. The van der Waals surface area contributed by atoms with Crippen LogP contribution in [-0.2, 0) is 10.1 Å². The van der Waals surface area contributed by atoms with Gasteiger partial charge in [0, 0.05) is 5.41 Å². The Morgan fingerprint density at radius 1 is 1.29 bits per heavy atom. The highest BCUT2D eigenvalue weighted by Crippen LogP contribution is 2.01. The molecule has 4 nitrogen and oxygen atoms in total. The van der Waals surface area contributed by atoms with Gasteiger partial charge in [0.1, 0.15) is 10.1 Å². The largest absolute Gasteiger partial charge is 0.744 e. The summed E-state index contributed by atoms with van der Waals surface area (Å²) in [6.07, 6.45) is 3.83. The molecule has 0 spiro atoms. The molecule has 0 fully saturated rings. The number of quaternary nitrogens is 1. The van der Waals surface area contributed by atoms with Crippen molar-refractivity contribution in [3.8, 4) is 0 Å². The van der Waals surface area contributed by atoms with Gasteiger partial charge in [0.25, 0.3) is 0 Å². The van der Waals surface area contributed by atoms with Gasteiger partial charge >= 0.3 is 0 Å². The quantitative estimate of drug-likeness (QED) is 0.823. The number of rotatable bonds is 4. The molecule has 0 amide bonds. The molecule has 0 aliphatic heterocycles. The molecule has 0 saturated carbocycles. The van der Waals surface area contributed by atoms with Crippen LogP contribution in [0.15, 0.2) is 35.7 Å². The molecule has 96 valence electrons. The monoisotopic (exact) mass is 257 g/mol. The maximum Gasteiger partial charge on any atom is 0.117 e. The summed E-state index contributed by atoms with van der Waals surface area (Å²) < 4.78 is 30.5. The highest BCUT2D eigenvalue weighted by Gasteiger charge is 1.85. The third-order valence-electron chi connectivity index (χ3n) is 1.83. The lowest BCUT2D eigenvalue weighted by Gasteiger charge is -1.97. The van der Waals surface area contributed by atoms with Crippen LogP contribution in [0.3, 0.4) is 0 Å². The van der Waals surface area contributed by atoms with Crippen molar-refractivity contribution in [1.29, 1.82) is 0 Å². The Morgan fingerprint density at radius 2 is 1.88 bits per heavy atom. The van der Waals surface area contributed by atoms with E-state index < -0.39 is 10.1 Å². The minimum Gasteiger partial charge on any atom is -0.744 e. The first kappa shape index (κ1) is 15.8. The molecule has 0 unspecified atom stereocenters. The molecule has 0 bridgehead atoms. The van der Waals surface area contributed by atoms with Crippen LogP contribution in [0, 0.1) is 0 Å². The zero-order valence-corrected chi connectivity index (χ0v) is 10.8. The van der Waals surface area contributed by atoms with E-state index in [2.05, 4.69) is 12.7 Å². The molecule has 0 aliphatic carbocycles. The Bertz CT molecular complexity index is 411. The van der Waals surface area contributed by atoms with E-state index in [4.69, 9.17) is 0 Å². The van der Waals surface area contributed by atoms with E-state index in [-0.39, 0.29) is 0 Å². The minimum atomic E-state index is -4.25. The molecular weight excluding hydrogens is 238 g/mol. The summed E-state index contributed by atoms with van der Waals surface area (Å²) in [4.78, 5) is 0. The summed E-state index contributed by atoms with van der Waals surface area (Å²) in [7, 11) is -4.25. The molecule has 1 aromatic carbocycles. The fraction of sp³-hybridized carbons (Fsp3) is 0.333. The van der Waals surface area contributed by atoms with E-state index in [9.17, 15) is 13.0 Å². The van der Waals surface area contributed by atoms with Crippen LogP contribution in [0.5, 0.6) is 0 Å². The zero-order valence-electron chi connectivity index (χ0n) is 10.0. The first-order chi connectivity index (χ1) is 7.99. The van der Waals surface area contributed by atoms with Crippen molar-refractivity contribution in [3.63, 3.8) is 0 Å². The molecular formula is C12H19NO3S. The molecule has 1 rings (SSSR count). The Labute approximate surface area is 103 Å². The van der Waals surface area contributed by atoms with E-state index in [0.717, 1.165) is 6.54 Å². The van der Waals surface area contributed by atoms with Crippen molar-refractivity contribution in [2.24, 2.45) is 0 Å². The van der Waals surface area contributed by atoms with Gasteiger partial charge in [-0.25, -0.2) is 8.42 Å². The first-order valence-electron chi connectivity index (χ1n) is 5.48. The summed E-state index contributed by atoms with van der Waals surface area (Å²) in [6, 6.07) is 8.75. The van der Waals surface area contributed by atoms with E-state index in [0.29, 0.717) is 11.0 Å². The second kappa shape index (κ2) is 8.92. The molecule has 3 N–H and O–H groups in total. The standard InChI is InChI=1S/C8H8O3S.C4H11N/c9-12(10,11)7-6-8-4-2-1-3-5-8;1-2-3-4-5/h1-7H,(H,9,10,11);2-5H2,1H3. The summed E-state index contributed by atoms with van der Waals surface area (Å²) >= 11 is 0. The minimum absolute atomic E-state index is 0.641. The average Bonchev–Trinajstić information content (AvgIpc) is 2.29. The van der Waals surface area contributed by atoms with Gasteiger partial charge in [-0.2, -0.15) is 0 Å². The smallest absolute Gasteiger partial charge is 0.117 e. The van der Waals surface area contributed by atoms with E-state index in [1.165, 1.54) is 18.9 Å². The maximum atomic E-state index is 10.2. The number of hydrogen-bond donors (Lipinski definition) is 1. The van der Waals surface area contributed by atoms with Gasteiger partial charge in [0.2, 0.25) is 0 Å². The van der Waals surface area contributed by atoms with E-state index in [1.807, 2.05) is 6.07 Å². The predicted octanol–water partition coefficient (Wildman–Crippen LogP) is 1.23. The summed E-state index contributed by atoms with van der Waals surface area (Å²) in [5, 5.41) is 0.641. The van der Waals surface area contributed by atoms with Crippen molar-refractivity contribution in [3.05, 3.63) is 41.3 Å². The summed E-state index contributed by atoms with van der Waals surface area (Å²) in [6.45, 7) is 3.27. The number of benzene rings is 1. The average molecular weight is 257 g/mol. The van der Waals surface area contributed by atoms with Crippen molar-refractivity contribution in [1.82, 2.24) is 0 Å². The highest BCUT2D eigenvalue weighted by atomic mass is 32.2. The topological polar surface area (TPSA) is 84.8 Å². The lowest BCUT2D eigenvalue weighted by molar-refractivity contribution is -0.368. The van der Waals surface area contributed by atoms with Gasteiger partial charge in [0.05, 0.1) is 6.54 Å². The first-order valence-corrected chi connectivity index (χ1v) is 6.95. The zero-order chi connectivity index (χ0) is 13.1. The molecule has 0 heterocycles. The third-order valence-corrected chi connectivity index (χ3v) is 2.30. The lowest BCUT2D eigenvalue weighted by Crippen LogP contribution is -2.49. The van der Waals surface area contributed by atoms with Gasteiger partial charge in [0.15, 0.2) is 0 Å². The van der Waals surface area contributed by atoms with Crippen LogP contribution in [-0.4, -0.2) is 19.5 Å². The van der Waals surface area contributed by atoms with Crippen LogP contribution in [0.2, 0.25) is 0 Å². The van der Waals surface area contributed by atoms with Crippen LogP contribution in [0.1, 0.15) is 25.3 Å². The van der Waals surface area contributed by atoms with Crippen LogP contribution in [0.25, 0.3) is 6.08 Å². The Kier molecular flexibility index (Phi) is 8.31. The SMILES string of the molecule is CCCC[NH3+].O=S(=O)([O-])C=Cc1ccccc1. The van der Waals surface area contributed by atoms with Crippen LogP contribution < -0.4 is 5.73 Å². The third kappa shape index (κ3) is 11.1. The highest BCUT2D eigenvalue weighted by molar-refractivity contribution is 7.88. The molecule has 0 saturated heterocycles. The van der Waals surface area contributed by atoms with E-state index in [1.54, 1.807) is 24.3 Å². The second-order valence-corrected chi connectivity index (χ2v) is 4.67. The van der Waals surface area contributed by atoms with Crippen LogP contribution >= 0.6 is 0 Å². The predicted molar refractivity (Wildman–Crippen MR) is 67.8 cm³/mol. The molecule has 5 heteroatoms. The molecule has 0 aromatic heterocycles. The van der Waals surface area contributed by atoms with Gasteiger partial charge < -0.3 is 10.3 Å². The molecule has 1 aromatic rings. The normalized spacial score (nSPS) is 11.0. The fourth-order valence-corrected chi connectivity index (χ4v) is 1.30. The van der Waals surface area contributed by atoms with Gasteiger partial charge in [-0.3, -0.25) is 0 Å². The molecule has 0 atom stereocenters. The van der Waals surface area contributed by atoms with Gasteiger partial charge in [-0.1, -0.05) is 43.7 Å². The summed E-state index contributed by atoms with van der Waals surface area (Å²) in [5.74, 6) is 0. The summed E-state index contributed by atoms with van der Waals surface area (Å²) in [5.41, 5.74) is 4.37. The van der Waals surface area contributed by atoms with Gasteiger partial charge in [-0.15, -0.1) is 0 Å². The Balaban J connectivity index is 0.000000437. The van der Waals surface area contributed by atoms with Crippen molar-refractivity contribution >= 4 is 16.2 Å². The van der Waals surface area contributed by atoms with Crippen molar-refractivity contribution in [2.75, 3.05) is 6.54 Å². The second-order valence-electron chi connectivity index (χ2n) is 3.41. The number of hydrogen-bond acceptors (Lipinski definition) is 3. The van der Waals surface area contributed by atoms with E-state index >= 15 is 0 Å². The molecule has 0 radical (unpaired) electrons. The lowest BCUT2D eigenvalue weighted by atomic mass is 10.2.